The van der Waals surface area contributed by atoms with E-state index in [2.05, 4.69) is 5.32 Å². The highest BCUT2D eigenvalue weighted by atomic mass is 16.5. The molecule has 3 rings (SSSR count). The minimum absolute atomic E-state index is 0.0497. The molecule has 1 fully saturated rings. The van der Waals surface area contributed by atoms with Gasteiger partial charge in [-0.15, -0.1) is 0 Å². The summed E-state index contributed by atoms with van der Waals surface area (Å²) in [4.78, 5) is 26.5. The van der Waals surface area contributed by atoms with Crippen LogP contribution in [0.4, 0.5) is 5.69 Å². The average Bonchev–Trinajstić information content (AvgIpc) is 2.71. The van der Waals surface area contributed by atoms with E-state index >= 15 is 0 Å². The molecule has 2 atom stereocenters. The lowest BCUT2D eigenvalue weighted by Gasteiger charge is -2.48. The van der Waals surface area contributed by atoms with E-state index in [1.165, 1.54) is 6.08 Å². The Hall–Kier alpha value is -3.28. The van der Waals surface area contributed by atoms with E-state index in [0.717, 1.165) is 22.6 Å². The number of esters is 1. The number of nitrogens with one attached hydrogen (secondary N) is 1. The minimum atomic E-state index is -0.477. The number of allylic oxidation sites excluding steroid dienone is 1. The molecule has 152 valence electrons. The van der Waals surface area contributed by atoms with Crippen molar-refractivity contribution in [1.29, 1.82) is 0 Å². The van der Waals surface area contributed by atoms with Gasteiger partial charge in [0.05, 0.1) is 19.8 Å². The van der Waals surface area contributed by atoms with Gasteiger partial charge in [-0.3, -0.25) is 4.79 Å². The molecular formula is C23H26N2O4. The highest BCUT2D eigenvalue weighted by Crippen LogP contribution is 2.40. The molecule has 1 aliphatic rings. The van der Waals surface area contributed by atoms with Crippen LogP contribution < -0.4 is 15.0 Å². The van der Waals surface area contributed by atoms with Crippen molar-refractivity contribution in [3.05, 3.63) is 71.4 Å². The molecule has 0 bridgehead atoms. The van der Waals surface area contributed by atoms with E-state index in [0.29, 0.717) is 12.3 Å². The van der Waals surface area contributed by atoms with Gasteiger partial charge < -0.3 is 19.7 Å². The van der Waals surface area contributed by atoms with Gasteiger partial charge in [-0.25, -0.2) is 4.79 Å². The zero-order valence-electron chi connectivity index (χ0n) is 17.1. The number of amides is 1. The van der Waals surface area contributed by atoms with Crippen LogP contribution in [0, 0.1) is 6.92 Å². The zero-order chi connectivity index (χ0) is 21.0. The largest absolute Gasteiger partial charge is 0.497 e. The molecule has 29 heavy (non-hydrogen) atoms. The van der Waals surface area contributed by atoms with Crippen LogP contribution in [0.5, 0.6) is 5.75 Å². The third-order valence-corrected chi connectivity index (χ3v) is 4.87. The second-order valence-corrected chi connectivity index (χ2v) is 6.96. The predicted octanol–water partition coefficient (Wildman–Crippen LogP) is 3.52. The van der Waals surface area contributed by atoms with E-state index in [1.807, 2.05) is 55.5 Å². The summed E-state index contributed by atoms with van der Waals surface area (Å²) < 4.78 is 10.2. The number of methoxy groups -OCH3 is 1. The normalized spacial score (nSPS) is 18.8. The molecule has 0 radical (unpaired) electrons. The van der Waals surface area contributed by atoms with Crippen molar-refractivity contribution in [3.63, 3.8) is 0 Å². The van der Waals surface area contributed by atoms with E-state index in [4.69, 9.17) is 9.47 Å². The van der Waals surface area contributed by atoms with Crippen molar-refractivity contribution in [2.45, 2.75) is 32.9 Å². The Morgan fingerprint density at radius 2 is 1.79 bits per heavy atom. The highest BCUT2D eigenvalue weighted by Gasteiger charge is 2.49. The fourth-order valence-electron chi connectivity index (χ4n) is 3.41. The van der Waals surface area contributed by atoms with Gasteiger partial charge in [0.1, 0.15) is 11.8 Å². The number of ether oxygens (including phenoxy) is 2. The third kappa shape index (κ3) is 4.42. The summed E-state index contributed by atoms with van der Waals surface area (Å²) >= 11 is 0. The van der Waals surface area contributed by atoms with Crippen LogP contribution >= 0.6 is 0 Å². The second kappa shape index (κ2) is 8.82. The number of hydrogen-bond donors (Lipinski definition) is 1. The standard InChI is InChI=1S/C23H26N2O4/c1-5-29-20(26)14-16(3)24-21-22(17-8-12-19(28-4)13-9-17)25(23(21)27)18-10-6-15(2)7-11-18/h6-14,21-22,24H,5H2,1-4H3/b16-14+/t21-,22+/m1/s1. The number of β-lactam (4-membered cyclic amide) rings is 1. The van der Waals surface area contributed by atoms with Crippen LogP contribution in [-0.4, -0.2) is 31.6 Å². The van der Waals surface area contributed by atoms with Gasteiger partial charge in [0.15, 0.2) is 0 Å². The minimum Gasteiger partial charge on any atom is -0.497 e. The lowest BCUT2D eigenvalue weighted by atomic mass is 9.87. The topological polar surface area (TPSA) is 67.9 Å². The molecule has 1 heterocycles. The number of nitrogens with zero attached hydrogens (tertiary/aromatic N) is 1. The Labute approximate surface area is 171 Å². The molecule has 2 aromatic rings. The Kier molecular flexibility index (Phi) is 6.22. The maximum absolute atomic E-state index is 13.0. The van der Waals surface area contributed by atoms with E-state index in [9.17, 15) is 9.59 Å². The van der Waals surface area contributed by atoms with Gasteiger partial charge in [-0.05, 0) is 50.6 Å². The number of benzene rings is 2. The maximum atomic E-state index is 13.0. The molecule has 2 aromatic carbocycles. The molecule has 1 aliphatic heterocycles. The summed E-state index contributed by atoms with van der Waals surface area (Å²) in [6.45, 7) is 5.82. The Bertz CT molecular complexity index is 903. The van der Waals surface area contributed by atoms with Crippen LogP contribution in [0.25, 0.3) is 0 Å². The number of carbonyl (C=O) groups is 2. The lowest BCUT2D eigenvalue weighted by molar-refractivity contribution is -0.137. The Balaban J connectivity index is 1.89. The van der Waals surface area contributed by atoms with Gasteiger partial charge in [-0.2, -0.15) is 0 Å². The third-order valence-electron chi connectivity index (χ3n) is 4.87. The number of anilines is 1. The molecule has 1 saturated heterocycles. The lowest BCUT2D eigenvalue weighted by Crippen LogP contribution is -2.64. The quantitative estimate of drug-likeness (QED) is 0.442. The molecule has 1 N–H and O–H groups in total. The predicted molar refractivity (Wildman–Crippen MR) is 112 cm³/mol. The SMILES string of the molecule is CCOC(=O)/C=C(\C)N[C@H]1C(=O)N(c2ccc(C)cc2)[C@H]1c1ccc(OC)cc1. The Morgan fingerprint density at radius 3 is 2.38 bits per heavy atom. The fraction of sp³-hybridized carbons (Fsp3) is 0.304. The molecule has 0 unspecified atom stereocenters. The average molecular weight is 394 g/mol. The molecular weight excluding hydrogens is 368 g/mol. The number of aryl methyl sites for hydroxylation is 1. The molecule has 1 amide bonds. The summed E-state index contributed by atoms with van der Waals surface area (Å²) in [5.41, 5.74) is 3.54. The maximum Gasteiger partial charge on any atom is 0.332 e. The fourth-order valence-corrected chi connectivity index (χ4v) is 3.41. The molecule has 0 saturated carbocycles. The van der Waals surface area contributed by atoms with Crippen molar-refractivity contribution in [2.75, 3.05) is 18.6 Å². The van der Waals surface area contributed by atoms with Gasteiger partial charge in [0, 0.05) is 17.5 Å². The molecule has 6 nitrogen and oxygen atoms in total. The smallest absolute Gasteiger partial charge is 0.332 e. The van der Waals surface area contributed by atoms with Crippen molar-refractivity contribution < 1.29 is 19.1 Å². The van der Waals surface area contributed by atoms with Gasteiger partial charge in [-0.1, -0.05) is 29.8 Å². The molecule has 6 heteroatoms. The van der Waals surface area contributed by atoms with Gasteiger partial charge in [0.2, 0.25) is 0 Å². The van der Waals surface area contributed by atoms with Crippen molar-refractivity contribution in [3.8, 4) is 5.75 Å². The van der Waals surface area contributed by atoms with Crippen molar-refractivity contribution in [2.24, 2.45) is 0 Å². The number of carbonyl (C=O) groups excluding carboxylic acids is 2. The highest BCUT2D eigenvalue weighted by molar-refractivity contribution is 6.06. The summed E-state index contributed by atoms with van der Waals surface area (Å²) in [6, 6.07) is 14.8. The van der Waals surface area contributed by atoms with Gasteiger partial charge >= 0.3 is 5.97 Å². The number of hydrogen-bond acceptors (Lipinski definition) is 5. The molecule has 0 spiro atoms. The van der Waals surface area contributed by atoms with E-state index < -0.39 is 12.0 Å². The first kappa shape index (κ1) is 20.5. The van der Waals surface area contributed by atoms with Crippen LogP contribution in [-0.2, 0) is 14.3 Å². The Morgan fingerprint density at radius 1 is 1.14 bits per heavy atom. The summed E-state index contributed by atoms with van der Waals surface area (Å²) in [5, 5.41) is 3.18. The first-order valence-electron chi connectivity index (χ1n) is 9.60. The van der Waals surface area contributed by atoms with Gasteiger partial charge in [0.25, 0.3) is 5.91 Å². The monoisotopic (exact) mass is 394 g/mol. The molecule has 0 aliphatic carbocycles. The second-order valence-electron chi connectivity index (χ2n) is 6.96. The zero-order valence-corrected chi connectivity index (χ0v) is 17.1. The van der Waals surface area contributed by atoms with E-state index in [1.54, 1.807) is 25.9 Å². The summed E-state index contributed by atoms with van der Waals surface area (Å²) in [5.74, 6) is 0.274. The van der Waals surface area contributed by atoms with Crippen LogP contribution in [0.2, 0.25) is 0 Å². The van der Waals surface area contributed by atoms with Crippen LogP contribution in [0.3, 0.4) is 0 Å². The summed E-state index contributed by atoms with van der Waals surface area (Å²) in [6.07, 6.45) is 1.37. The van der Waals surface area contributed by atoms with Crippen LogP contribution in [0.1, 0.15) is 31.0 Å². The molecule has 0 aromatic heterocycles. The van der Waals surface area contributed by atoms with Crippen molar-refractivity contribution >= 4 is 17.6 Å². The first-order valence-corrected chi connectivity index (χ1v) is 9.60. The van der Waals surface area contributed by atoms with Crippen molar-refractivity contribution in [1.82, 2.24) is 5.32 Å². The van der Waals surface area contributed by atoms with Crippen LogP contribution in [0.15, 0.2) is 60.3 Å². The summed E-state index contributed by atoms with van der Waals surface area (Å²) in [7, 11) is 1.62. The number of rotatable bonds is 7. The van der Waals surface area contributed by atoms with E-state index in [-0.39, 0.29) is 11.9 Å². The first-order chi connectivity index (χ1) is 13.9.